The average Bonchev–Trinajstić information content (AvgIpc) is 2.98. The molecule has 27 heavy (non-hydrogen) atoms. The number of carbonyl (C=O) groups excluding carboxylic acids is 1. The fraction of sp³-hybridized carbons (Fsp3) is 0.250. The lowest BCUT2D eigenvalue weighted by Gasteiger charge is -2.27. The summed E-state index contributed by atoms with van der Waals surface area (Å²) >= 11 is 0. The molecule has 1 aliphatic rings. The number of nitrogens with zero attached hydrogens (tertiary/aromatic N) is 3. The van der Waals surface area contributed by atoms with Gasteiger partial charge in [-0.1, -0.05) is 37.3 Å². The van der Waals surface area contributed by atoms with E-state index in [0.717, 1.165) is 18.2 Å². The highest BCUT2D eigenvalue weighted by molar-refractivity contribution is 5.96. The molecule has 0 atom stereocenters. The summed E-state index contributed by atoms with van der Waals surface area (Å²) in [6.07, 6.45) is 0.840. The van der Waals surface area contributed by atoms with E-state index >= 15 is 0 Å². The van der Waals surface area contributed by atoms with Crippen molar-refractivity contribution in [1.82, 2.24) is 15.0 Å². The predicted octanol–water partition coefficient (Wildman–Crippen LogP) is 4.51. The van der Waals surface area contributed by atoms with E-state index in [0.29, 0.717) is 18.5 Å². The van der Waals surface area contributed by atoms with E-state index in [1.165, 1.54) is 22.9 Å². The minimum Gasteiger partial charge on any atom is -0.292 e. The minimum absolute atomic E-state index is 0.101. The number of halogens is 3. The second-order valence-corrected chi connectivity index (χ2v) is 7.50. The van der Waals surface area contributed by atoms with Gasteiger partial charge >= 0.3 is 0 Å². The molecule has 1 heterocycles. The van der Waals surface area contributed by atoms with Crippen LogP contribution in [-0.2, 0) is 6.42 Å². The second kappa shape index (κ2) is 6.04. The standard InChI is InChI=1S/C20H16F3N3O/c1-20(2)9-16-19(17(27)10-20)24-25-26(16)11-7-14(22)18(15(23)8-11)12-5-3-4-6-13(12)21/h3-8H,9-10H2,1-2H3. The molecule has 138 valence electrons. The van der Waals surface area contributed by atoms with Crippen LogP contribution in [0.3, 0.4) is 0 Å². The zero-order valence-corrected chi connectivity index (χ0v) is 14.8. The molecule has 1 aliphatic carbocycles. The van der Waals surface area contributed by atoms with Crippen LogP contribution < -0.4 is 0 Å². The molecule has 0 bridgehead atoms. The normalized spacial score (nSPS) is 15.7. The summed E-state index contributed by atoms with van der Waals surface area (Å²) in [5, 5.41) is 7.82. The van der Waals surface area contributed by atoms with Crippen LogP contribution in [0, 0.1) is 22.9 Å². The van der Waals surface area contributed by atoms with Gasteiger partial charge in [-0.05, 0) is 17.9 Å². The molecule has 7 heteroatoms. The van der Waals surface area contributed by atoms with Crippen molar-refractivity contribution in [3.05, 3.63) is 65.2 Å². The third kappa shape index (κ3) is 2.93. The highest BCUT2D eigenvalue weighted by Crippen LogP contribution is 2.36. The lowest BCUT2D eigenvalue weighted by molar-refractivity contribution is 0.0905. The van der Waals surface area contributed by atoms with Crippen molar-refractivity contribution in [2.75, 3.05) is 0 Å². The van der Waals surface area contributed by atoms with Gasteiger partial charge in [-0.25, -0.2) is 17.9 Å². The van der Waals surface area contributed by atoms with Crippen molar-refractivity contribution in [2.45, 2.75) is 26.7 Å². The van der Waals surface area contributed by atoms with E-state index in [4.69, 9.17) is 0 Å². The van der Waals surface area contributed by atoms with Gasteiger partial charge in [0.1, 0.15) is 17.5 Å². The third-order valence-electron chi connectivity index (χ3n) is 4.73. The highest BCUT2D eigenvalue weighted by Gasteiger charge is 2.35. The topological polar surface area (TPSA) is 47.8 Å². The van der Waals surface area contributed by atoms with E-state index < -0.39 is 23.0 Å². The van der Waals surface area contributed by atoms with Gasteiger partial charge in [-0.2, -0.15) is 0 Å². The number of aromatic nitrogens is 3. The zero-order valence-electron chi connectivity index (χ0n) is 14.8. The van der Waals surface area contributed by atoms with Crippen molar-refractivity contribution in [1.29, 1.82) is 0 Å². The zero-order chi connectivity index (χ0) is 19.3. The van der Waals surface area contributed by atoms with Gasteiger partial charge in [0, 0.05) is 24.1 Å². The van der Waals surface area contributed by atoms with E-state index in [9.17, 15) is 18.0 Å². The van der Waals surface area contributed by atoms with Crippen LogP contribution in [0.1, 0.15) is 36.5 Å². The molecule has 4 rings (SSSR count). The molecule has 2 aromatic carbocycles. The number of fused-ring (bicyclic) bond motifs is 1. The van der Waals surface area contributed by atoms with Gasteiger partial charge in [-0.3, -0.25) is 4.79 Å². The fourth-order valence-corrected chi connectivity index (χ4v) is 3.52. The number of hydrogen-bond donors (Lipinski definition) is 0. The van der Waals surface area contributed by atoms with Crippen LogP contribution in [0.5, 0.6) is 0 Å². The van der Waals surface area contributed by atoms with E-state index in [1.807, 2.05) is 13.8 Å². The average molecular weight is 371 g/mol. The maximum absolute atomic E-state index is 14.7. The first-order valence-electron chi connectivity index (χ1n) is 8.49. The fourth-order valence-electron chi connectivity index (χ4n) is 3.52. The molecule has 3 aromatic rings. The molecule has 0 aliphatic heterocycles. The van der Waals surface area contributed by atoms with Gasteiger partial charge in [0.15, 0.2) is 11.5 Å². The summed E-state index contributed by atoms with van der Waals surface area (Å²) in [4.78, 5) is 12.3. The lowest BCUT2D eigenvalue weighted by Crippen LogP contribution is -2.28. The first kappa shape index (κ1) is 17.5. The molecule has 4 nitrogen and oxygen atoms in total. The third-order valence-corrected chi connectivity index (χ3v) is 4.73. The van der Waals surface area contributed by atoms with Crippen LogP contribution in [0.25, 0.3) is 16.8 Å². The summed E-state index contributed by atoms with van der Waals surface area (Å²) in [6.45, 7) is 3.88. The lowest BCUT2D eigenvalue weighted by atomic mass is 9.77. The van der Waals surface area contributed by atoms with Crippen LogP contribution in [0.4, 0.5) is 13.2 Å². The summed E-state index contributed by atoms with van der Waals surface area (Å²) in [5.41, 5.74) is -0.0436. The monoisotopic (exact) mass is 371 g/mol. The number of rotatable bonds is 2. The van der Waals surface area contributed by atoms with E-state index in [-0.39, 0.29) is 28.1 Å². The smallest absolute Gasteiger partial charge is 0.185 e. The van der Waals surface area contributed by atoms with Gasteiger partial charge in [0.2, 0.25) is 0 Å². The minimum atomic E-state index is -0.916. The van der Waals surface area contributed by atoms with Crippen LogP contribution in [0.15, 0.2) is 36.4 Å². The quantitative estimate of drug-likeness (QED) is 0.666. The predicted molar refractivity (Wildman–Crippen MR) is 93.1 cm³/mol. The van der Waals surface area contributed by atoms with Crippen molar-refractivity contribution >= 4 is 5.78 Å². The Bertz CT molecular complexity index is 1050. The molecule has 0 N–H and O–H groups in total. The maximum Gasteiger partial charge on any atom is 0.185 e. The van der Waals surface area contributed by atoms with Crippen molar-refractivity contribution < 1.29 is 18.0 Å². The molecule has 0 saturated carbocycles. The Morgan fingerprint density at radius 1 is 1.00 bits per heavy atom. The Balaban J connectivity index is 1.85. The summed E-state index contributed by atoms with van der Waals surface area (Å²) in [6, 6.07) is 7.56. The number of carbonyl (C=O) groups is 1. The molecular formula is C20H16F3N3O. The molecule has 0 amide bonds. The first-order chi connectivity index (χ1) is 12.8. The maximum atomic E-state index is 14.7. The van der Waals surface area contributed by atoms with E-state index in [2.05, 4.69) is 10.3 Å². The molecular weight excluding hydrogens is 355 g/mol. The summed E-state index contributed by atoms with van der Waals surface area (Å²) < 4.78 is 44.6. The van der Waals surface area contributed by atoms with Gasteiger partial charge in [-0.15, -0.1) is 5.10 Å². The Hall–Kier alpha value is -2.96. The number of benzene rings is 2. The summed E-state index contributed by atoms with van der Waals surface area (Å²) in [7, 11) is 0. The largest absolute Gasteiger partial charge is 0.292 e. The second-order valence-electron chi connectivity index (χ2n) is 7.50. The van der Waals surface area contributed by atoms with Gasteiger partial charge < -0.3 is 0 Å². The molecule has 0 fully saturated rings. The van der Waals surface area contributed by atoms with Crippen molar-refractivity contribution in [3.63, 3.8) is 0 Å². The summed E-state index contributed by atoms with van der Waals surface area (Å²) in [5.74, 6) is -2.69. The molecule has 0 unspecified atom stereocenters. The van der Waals surface area contributed by atoms with Crippen LogP contribution in [0.2, 0.25) is 0 Å². The van der Waals surface area contributed by atoms with Gasteiger partial charge in [0.25, 0.3) is 0 Å². The van der Waals surface area contributed by atoms with Crippen LogP contribution >= 0.6 is 0 Å². The Labute approximate surface area is 153 Å². The Morgan fingerprint density at radius 2 is 1.67 bits per heavy atom. The highest BCUT2D eigenvalue weighted by atomic mass is 19.1. The molecule has 1 aromatic heterocycles. The Morgan fingerprint density at radius 3 is 2.33 bits per heavy atom. The van der Waals surface area contributed by atoms with Gasteiger partial charge in [0.05, 0.1) is 16.9 Å². The van der Waals surface area contributed by atoms with Crippen molar-refractivity contribution in [3.8, 4) is 16.8 Å². The molecule has 0 radical (unpaired) electrons. The SMILES string of the molecule is CC1(C)CC(=O)c2nnn(-c3cc(F)c(-c4ccccc4F)c(F)c3)c2C1. The van der Waals surface area contributed by atoms with E-state index in [1.54, 1.807) is 0 Å². The van der Waals surface area contributed by atoms with Crippen molar-refractivity contribution in [2.24, 2.45) is 5.41 Å². The molecule has 0 spiro atoms. The number of Topliss-reactive ketones (excluding diaryl/α,β-unsaturated/α-hetero) is 1. The first-order valence-corrected chi connectivity index (χ1v) is 8.49. The van der Waals surface area contributed by atoms with Crippen LogP contribution in [-0.4, -0.2) is 20.8 Å². The number of hydrogen-bond acceptors (Lipinski definition) is 3. The Kier molecular flexibility index (Phi) is 3.91. The molecule has 0 saturated heterocycles. The number of ketones is 1.